The number of ether oxygens (including phenoxy) is 1. The lowest BCUT2D eigenvalue weighted by Gasteiger charge is -2.31. The summed E-state index contributed by atoms with van der Waals surface area (Å²) in [5, 5.41) is 7.20. The monoisotopic (exact) mass is 327 g/mol. The van der Waals surface area contributed by atoms with Crippen LogP contribution in [0.25, 0.3) is 11.3 Å². The van der Waals surface area contributed by atoms with Crippen LogP contribution in [0, 0.1) is 0 Å². The lowest BCUT2D eigenvalue weighted by atomic mass is 10.1. The molecule has 1 aromatic carbocycles. The minimum absolute atomic E-state index is 0.0558. The summed E-state index contributed by atoms with van der Waals surface area (Å²) < 4.78 is 11.3. The van der Waals surface area contributed by atoms with E-state index in [4.69, 9.17) is 9.26 Å². The first kappa shape index (κ1) is 14.6. The van der Waals surface area contributed by atoms with Gasteiger partial charge in [0, 0.05) is 36.3 Å². The molecule has 0 unspecified atom stereocenters. The number of hydrogen-bond donors (Lipinski definition) is 0. The lowest BCUT2D eigenvalue weighted by molar-refractivity contribution is -0.0351. The largest absolute Gasteiger partial charge is 0.368 e. The Morgan fingerprint density at radius 2 is 2.17 bits per heavy atom. The number of aromatic nitrogens is 2. The molecule has 1 fully saturated rings. The molecule has 2 aromatic heterocycles. The van der Waals surface area contributed by atoms with E-state index in [9.17, 15) is 0 Å². The van der Waals surface area contributed by atoms with Crippen molar-refractivity contribution in [3.8, 4) is 11.3 Å². The van der Waals surface area contributed by atoms with Gasteiger partial charge in [-0.05, 0) is 0 Å². The van der Waals surface area contributed by atoms with E-state index in [0.717, 1.165) is 41.7 Å². The van der Waals surface area contributed by atoms with Crippen molar-refractivity contribution in [1.29, 1.82) is 0 Å². The molecule has 0 spiro atoms. The van der Waals surface area contributed by atoms with Crippen LogP contribution in [0.1, 0.15) is 16.9 Å². The first-order valence-corrected chi connectivity index (χ1v) is 8.51. The van der Waals surface area contributed by atoms with Crippen molar-refractivity contribution in [2.75, 3.05) is 19.7 Å². The third kappa shape index (κ3) is 3.34. The van der Waals surface area contributed by atoms with Gasteiger partial charge in [-0.3, -0.25) is 4.90 Å². The van der Waals surface area contributed by atoms with Gasteiger partial charge in [-0.2, -0.15) is 0 Å². The fourth-order valence-electron chi connectivity index (χ4n) is 2.74. The van der Waals surface area contributed by atoms with E-state index in [-0.39, 0.29) is 6.10 Å². The van der Waals surface area contributed by atoms with Crippen LogP contribution >= 0.6 is 11.3 Å². The molecular formula is C17H17N3O2S. The van der Waals surface area contributed by atoms with Gasteiger partial charge in [0.25, 0.3) is 0 Å². The average Bonchev–Trinajstić information content (AvgIpc) is 3.28. The molecule has 3 aromatic rings. The highest BCUT2D eigenvalue weighted by molar-refractivity contribution is 7.09. The van der Waals surface area contributed by atoms with E-state index in [0.29, 0.717) is 6.61 Å². The van der Waals surface area contributed by atoms with E-state index in [1.165, 1.54) is 0 Å². The first-order valence-electron chi connectivity index (χ1n) is 7.63. The number of nitrogens with zero attached hydrogens (tertiary/aromatic N) is 3. The quantitative estimate of drug-likeness (QED) is 0.735. The molecule has 0 bridgehead atoms. The van der Waals surface area contributed by atoms with E-state index in [1.54, 1.807) is 11.3 Å². The Kier molecular flexibility index (Phi) is 4.19. The summed E-state index contributed by atoms with van der Waals surface area (Å²) in [6.45, 7) is 3.17. The number of benzene rings is 1. The molecule has 0 radical (unpaired) electrons. The molecule has 1 aliphatic heterocycles. The van der Waals surface area contributed by atoms with Crippen molar-refractivity contribution in [2.45, 2.75) is 12.6 Å². The van der Waals surface area contributed by atoms with E-state index in [1.807, 2.05) is 48.0 Å². The Hall–Kier alpha value is -2.02. The second-order valence-corrected chi connectivity index (χ2v) is 6.44. The predicted octanol–water partition coefficient (Wildman–Crippen LogP) is 3.37. The van der Waals surface area contributed by atoms with Gasteiger partial charge in [0.05, 0.1) is 13.2 Å². The zero-order valence-electron chi connectivity index (χ0n) is 12.6. The van der Waals surface area contributed by atoms with Gasteiger partial charge >= 0.3 is 0 Å². The molecule has 23 heavy (non-hydrogen) atoms. The van der Waals surface area contributed by atoms with Gasteiger partial charge in [0.15, 0.2) is 5.76 Å². The van der Waals surface area contributed by atoms with Crippen LogP contribution in [0.2, 0.25) is 0 Å². The molecule has 3 heterocycles. The number of morpholine rings is 1. The third-order valence-electron chi connectivity index (χ3n) is 3.89. The highest BCUT2D eigenvalue weighted by Crippen LogP contribution is 2.25. The smallest absolute Gasteiger partial charge is 0.151 e. The van der Waals surface area contributed by atoms with Crippen LogP contribution in [0.4, 0.5) is 0 Å². The Morgan fingerprint density at radius 1 is 1.26 bits per heavy atom. The fraction of sp³-hybridized carbons (Fsp3) is 0.294. The molecular weight excluding hydrogens is 310 g/mol. The summed E-state index contributed by atoms with van der Waals surface area (Å²) in [5.74, 6) is 0.878. The summed E-state index contributed by atoms with van der Waals surface area (Å²) >= 11 is 1.64. The molecule has 0 amide bonds. The highest BCUT2D eigenvalue weighted by atomic mass is 32.1. The second kappa shape index (κ2) is 6.62. The Labute approximate surface area is 138 Å². The minimum atomic E-state index is 0.0558. The lowest BCUT2D eigenvalue weighted by Crippen LogP contribution is -2.37. The zero-order chi connectivity index (χ0) is 15.5. The molecule has 4 rings (SSSR count). The standard InChI is InChI=1S/C17H17N3O2S/c1-2-4-13(5-3-1)15-10-14(22-19-15)11-20-7-8-21-16(12-20)17-18-6-9-23-17/h1-6,9-10,16H,7-8,11-12H2/t16-/m0/s1. The average molecular weight is 327 g/mol. The van der Waals surface area contributed by atoms with Crippen molar-refractivity contribution >= 4 is 11.3 Å². The van der Waals surface area contributed by atoms with Crippen LogP contribution in [0.15, 0.2) is 52.5 Å². The van der Waals surface area contributed by atoms with Crippen molar-refractivity contribution < 1.29 is 9.26 Å². The normalized spacial score (nSPS) is 19.0. The van der Waals surface area contributed by atoms with E-state index >= 15 is 0 Å². The molecule has 1 aliphatic rings. The topological polar surface area (TPSA) is 51.4 Å². The van der Waals surface area contributed by atoms with Crippen molar-refractivity contribution in [1.82, 2.24) is 15.0 Å². The van der Waals surface area contributed by atoms with Gasteiger partial charge < -0.3 is 9.26 Å². The van der Waals surface area contributed by atoms with Crippen LogP contribution in [0.3, 0.4) is 0 Å². The van der Waals surface area contributed by atoms with Gasteiger partial charge in [-0.1, -0.05) is 35.5 Å². The first-order chi connectivity index (χ1) is 11.4. The number of hydrogen-bond acceptors (Lipinski definition) is 6. The fourth-order valence-corrected chi connectivity index (χ4v) is 3.42. The molecule has 118 valence electrons. The molecule has 0 N–H and O–H groups in total. The van der Waals surface area contributed by atoms with E-state index in [2.05, 4.69) is 15.0 Å². The van der Waals surface area contributed by atoms with Crippen LogP contribution < -0.4 is 0 Å². The Bertz CT molecular complexity index is 742. The summed E-state index contributed by atoms with van der Waals surface area (Å²) in [5.41, 5.74) is 1.95. The van der Waals surface area contributed by atoms with Crippen LogP contribution in [0.5, 0.6) is 0 Å². The molecule has 0 saturated carbocycles. The molecule has 6 heteroatoms. The number of thiazole rings is 1. The Morgan fingerprint density at radius 3 is 3.00 bits per heavy atom. The highest BCUT2D eigenvalue weighted by Gasteiger charge is 2.24. The SMILES string of the molecule is c1ccc(-c2cc(CN3CCO[C@H](c4nccs4)C3)on2)cc1. The Balaban J connectivity index is 1.43. The van der Waals surface area contributed by atoms with Crippen LogP contribution in [-0.4, -0.2) is 34.7 Å². The molecule has 1 atom stereocenters. The minimum Gasteiger partial charge on any atom is -0.368 e. The maximum absolute atomic E-state index is 5.82. The maximum Gasteiger partial charge on any atom is 0.151 e. The summed E-state index contributed by atoms with van der Waals surface area (Å²) in [4.78, 5) is 6.68. The molecule has 1 saturated heterocycles. The maximum atomic E-state index is 5.82. The zero-order valence-corrected chi connectivity index (χ0v) is 13.4. The summed E-state index contributed by atoms with van der Waals surface area (Å²) in [6.07, 6.45) is 1.88. The molecule has 5 nitrogen and oxygen atoms in total. The van der Waals surface area contributed by atoms with Crippen molar-refractivity contribution in [2.24, 2.45) is 0 Å². The third-order valence-corrected chi connectivity index (χ3v) is 4.75. The van der Waals surface area contributed by atoms with Crippen molar-refractivity contribution in [3.05, 3.63) is 58.7 Å². The van der Waals surface area contributed by atoms with Gasteiger partial charge in [-0.15, -0.1) is 11.3 Å². The number of rotatable bonds is 4. The summed E-state index contributed by atoms with van der Waals surface area (Å²) in [6, 6.07) is 12.1. The van der Waals surface area contributed by atoms with Gasteiger partial charge in [0.1, 0.15) is 16.8 Å². The van der Waals surface area contributed by atoms with Crippen LogP contribution in [-0.2, 0) is 11.3 Å². The predicted molar refractivity (Wildman–Crippen MR) is 88.0 cm³/mol. The second-order valence-electron chi connectivity index (χ2n) is 5.51. The van der Waals surface area contributed by atoms with E-state index < -0.39 is 0 Å². The van der Waals surface area contributed by atoms with Gasteiger partial charge in [-0.25, -0.2) is 4.98 Å². The summed E-state index contributed by atoms with van der Waals surface area (Å²) in [7, 11) is 0. The van der Waals surface area contributed by atoms with Gasteiger partial charge in [0.2, 0.25) is 0 Å². The van der Waals surface area contributed by atoms with Crippen molar-refractivity contribution in [3.63, 3.8) is 0 Å². The molecule has 0 aliphatic carbocycles.